The minimum Gasteiger partial charge on any atom is -0.457 e. The van der Waals surface area contributed by atoms with Crippen molar-refractivity contribution in [3.05, 3.63) is 77.0 Å². The topological polar surface area (TPSA) is 61.9 Å². The molecule has 5 rings (SSSR count). The van der Waals surface area contributed by atoms with Gasteiger partial charge in [0.2, 0.25) is 5.91 Å². The van der Waals surface area contributed by atoms with Crippen LogP contribution in [0.15, 0.2) is 72.1 Å². The van der Waals surface area contributed by atoms with E-state index in [0.29, 0.717) is 24.0 Å². The standard InChI is InChI=1S/C25H24ClN3O3S/c26-14-23(30)29(18-8-10-21(11-9-18)32-20-5-2-1-3-6-20)24(22-7-4-12-33-22)25(31)28-16-17-13-19(28)15-27-17/h1-12,17,19,24,27H,13-16H2. The molecule has 0 aliphatic carbocycles. The van der Waals surface area contributed by atoms with Crippen molar-refractivity contribution >= 4 is 40.4 Å². The van der Waals surface area contributed by atoms with Crippen LogP contribution in [0.1, 0.15) is 17.3 Å². The van der Waals surface area contributed by atoms with E-state index < -0.39 is 6.04 Å². The van der Waals surface area contributed by atoms with Gasteiger partial charge in [0.1, 0.15) is 23.4 Å². The number of hydrogen-bond acceptors (Lipinski definition) is 5. The number of nitrogens with zero attached hydrogens (tertiary/aromatic N) is 2. The quantitative estimate of drug-likeness (QED) is 0.507. The molecular formula is C25H24ClN3O3S. The molecule has 1 N–H and O–H groups in total. The maximum Gasteiger partial charge on any atom is 0.251 e. The van der Waals surface area contributed by atoms with Gasteiger partial charge >= 0.3 is 0 Å². The van der Waals surface area contributed by atoms with Crippen molar-refractivity contribution in [3.8, 4) is 11.5 Å². The number of rotatable bonds is 7. The molecule has 6 nitrogen and oxygen atoms in total. The predicted molar refractivity (Wildman–Crippen MR) is 130 cm³/mol. The smallest absolute Gasteiger partial charge is 0.251 e. The van der Waals surface area contributed by atoms with Gasteiger partial charge in [-0.25, -0.2) is 0 Å². The second-order valence-corrected chi connectivity index (χ2v) is 9.46. The zero-order valence-corrected chi connectivity index (χ0v) is 19.5. The van der Waals surface area contributed by atoms with Crippen molar-refractivity contribution in [1.29, 1.82) is 0 Å². The van der Waals surface area contributed by atoms with E-state index >= 15 is 0 Å². The number of benzene rings is 2. The van der Waals surface area contributed by atoms with E-state index in [0.717, 1.165) is 23.6 Å². The number of nitrogens with one attached hydrogen (secondary N) is 1. The minimum atomic E-state index is -0.753. The number of amides is 2. The largest absolute Gasteiger partial charge is 0.457 e. The van der Waals surface area contributed by atoms with Gasteiger partial charge in [-0.3, -0.25) is 14.5 Å². The lowest BCUT2D eigenvalue weighted by molar-refractivity contribution is -0.135. The first-order valence-corrected chi connectivity index (χ1v) is 12.3. The van der Waals surface area contributed by atoms with Crippen LogP contribution >= 0.6 is 22.9 Å². The number of carbonyl (C=O) groups excluding carboxylic acids is 2. The number of piperazine rings is 1. The number of alkyl halides is 1. The number of hydrogen-bond donors (Lipinski definition) is 1. The Kier molecular flexibility index (Phi) is 6.35. The molecule has 2 fully saturated rings. The number of ether oxygens (including phenoxy) is 1. The van der Waals surface area contributed by atoms with Crippen molar-refractivity contribution in [2.75, 3.05) is 23.9 Å². The van der Waals surface area contributed by atoms with Gasteiger partial charge < -0.3 is 15.0 Å². The third-order valence-corrected chi connectivity index (χ3v) is 7.27. The Bertz CT molecular complexity index is 1110. The summed E-state index contributed by atoms with van der Waals surface area (Å²) >= 11 is 7.49. The third-order valence-electron chi connectivity index (χ3n) is 6.12. The molecule has 0 spiro atoms. The molecule has 8 heteroatoms. The fourth-order valence-corrected chi connectivity index (χ4v) is 5.53. The SMILES string of the molecule is O=C(C(c1cccs1)N(C(=O)CCl)c1ccc(Oc2ccccc2)cc1)N1CC2CC1CN2. The highest BCUT2D eigenvalue weighted by molar-refractivity contribution is 7.10. The Balaban J connectivity index is 1.46. The van der Waals surface area contributed by atoms with Gasteiger partial charge in [-0.15, -0.1) is 22.9 Å². The van der Waals surface area contributed by atoms with Crippen LogP contribution in [0, 0.1) is 0 Å². The lowest BCUT2D eigenvalue weighted by atomic mass is 10.1. The van der Waals surface area contributed by atoms with Gasteiger partial charge in [0.25, 0.3) is 5.91 Å². The molecule has 3 aromatic rings. The van der Waals surface area contributed by atoms with E-state index in [9.17, 15) is 9.59 Å². The molecule has 2 aliphatic heterocycles. The first-order valence-electron chi connectivity index (χ1n) is 10.9. The van der Waals surface area contributed by atoms with E-state index in [2.05, 4.69) is 5.32 Å². The van der Waals surface area contributed by atoms with Crippen LogP contribution in [0.5, 0.6) is 11.5 Å². The molecule has 3 atom stereocenters. The molecule has 2 aromatic carbocycles. The molecule has 3 unspecified atom stereocenters. The summed E-state index contributed by atoms with van der Waals surface area (Å²) in [6, 6.07) is 20.2. The van der Waals surface area contributed by atoms with Crippen LogP contribution in [0.25, 0.3) is 0 Å². The number of para-hydroxylation sites is 1. The van der Waals surface area contributed by atoms with Gasteiger partial charge in [0.15, 0.2) is 0 Å². The van der Waals surface area contributed by atoms with Crippen molar-refractivity contribution < 1.29 is 14.3 Å². The zero-order valence-electron chi connectivity index (χ0n) is 17.9. The van der Waals surface area contributed by atoms with Crippen molar-refractivity contribution in [1.82, 2.24) is 10.2 Å². The number of halogens is 1. The Morgan fingerprint density at radius 1 is 1.09 bits per heavy atom. The van der Waals surface area contributed by atoms with Crippen LogP contribution in [0.2, 0.25) is 0 Å². The highest BCUT2D eigenvalue weighted by Crippen LogP contribution is 2.36. The van der Waals surface area contributed by atoms with Crippen LogP contribution in [-0.4, -0.2) is 47.8 Å². The number of fused-ring (bicyclic) bond motifs is 2. The predicted octanol–water partition coefficient (Wildman–Crippen LogP) is 4.43. The molecular weight excluding hydrogens is 458 g/mol. The number of carbonyl (C=O) groups is 2. The number of thiophene rings is 1. The Labute approximate surface area is 201 Å². The van der Waals surface area contributed by atoms with E-state index in [1.54, 1.807) is 24.3 Å². The monoisotopic (exact) mass is 481 g/mol. The summed E-state index contributed by atoms with van der Waals surface area (Å²) in [5.41, 5.74) is 0.607. The third kappa shape index (κ3) is 4.49. The van der Waals surface area contributed by atoms with E-state index in [-0.39, 0.29) is 23.7 Å². The summed E-state index contributed by atoms with van der Waals surface area (Å²) in [4.78, 5) is 31.2. The van der Waals surface area contributed by atoms with Gasteiger partial charge in [-0.05, 0) is 54.3 Å². The van der Waals surface area contributed by atoms with E-state index in [4.69, 9.17) is 16.3 Å². The molecule has 1 aromatic heterocycles. The maximum absolute atomic E-state index is 13.8. The molecule has 2 aliphatic rings. The van der Waals surface area contributed by atoms with Gasteiger partial charge in [0.05, 0.1) is 0 Å². The fourth-order valence-electron chi connectivity index (χ4n) is 4.59. The van der Waals surface area contributed by atoms with Crippen LogP contribution in [0.3, 0.4) is 0 Å². The molecule has 33 heavy (non-hydrogen) atoms. The summed E-state index contributed by atoms with van der Waals surface area (Å²) in [5.74, 6) is 0.774. The summed E-state index contributed by atoms with van der Waals surface area (Å²) in [6.45, 7) is 1.46. The molecule has 0 saturated carbocycles. The van der Waals surface area contributed by atoms with Crippen LogP contribution in [0.4, 0.5) is 5.69 Å². The number of likely N-dealkylation sites (tertiary alicyclic amines) is 1. The van der Waals surface area contributed by atoms with E-state index in [1.807, 2.05) is 52.7 Å². The highest BCUT2D eigenvalue weighted by atomic mass is 35.5. The summed E-state index contributed by atoms with van der Waals surface area (Å²) in [7, 11) is 0. The second-order valence-electron chi connectivity index (χ2n) is 8.21. The second kappa shape index (κ2) is 9.55. The fraction of sp³-hybridized carbons (Fsp3) is 0.280. The molecule has 2 saturated heterocycles. The molecule has 3 heterocycles. The van der Waals surface area contributed by atoms with E-state index in [1.165, 1.54) is 16.2 Å². The Morgan fingerprint density at radius 3 is 2.45 bits per heavy atom. The van der Waals surface area contributed by atoms with Gasteiger partial charge in [0, 0.05) is 35.7 Å². The Morgan fingerprint density at radius 2 is 1.85 bits per heavy atom. The lowest BCUT2D eigenvalue weighted by Gasteiger charge is -2.36. The Hall–Kier alpha value is -2.87. The van der Waals surface area contributed by atoms with Crippen LogP contribution < -0.4 is 15.0 Å². The minimum absolute atomic E-state index is 0.0606. The molecule has 0 radical (unpaired) electrons. The normalized spacial score (nSPS) is 20.0. The molecule has 2 bridgehead atoms. The summed E-state index contributed by atoms with van der Waals surface area (Å²) in [6.07, 6.45) is 0.956. The lowest BCUT2D eigenvalue weighted by Crippen LogP contribution is -2.52. The molecule has 2 amide bonds. The zero-order chi connectivity index (χ0) is 22.8. The first-order chi connectivity index (χ1) is 16.1. The maximum atomic E-state index is 13.8. The van der Waals surface area contributed by atoms with Gasteiger partial charge in [-0.2, -0.15) is 0 Å². The average Bonchev–Trinajstić information content (AvgIpc) is 3.62. The highest BCUT2D eigenvalue weighted by Gasteiger charge is 2.45. The summed E-state index contributed by atoms with van der Waals surface area (Å²) in [5, 5.41) is 5.35. The van der Waals surface area contributed by atoms with Crippen molar-refractivity contribution in [2.24, 2.45) is 0 Å². The summed E-state index contributed by atoms with van der Waals surface area (Å²) < 4.78 is 5.89. The molecule has 170 valence electrons. The van der Waals surface area contributed by atoms with Gasteiger partial charge in [-0.1, -0.05) is 24.3 Å². The average molecular weight is 482 g/mol. The first kappa shape index (κ1) is 21.9. The number of anilines is 1. The van der Waals surface area contributed by atoms with Crippen molar-refractivity contribution in [2.45, 2.75) is 24.5 Å². The van der Waals surface area contributed by atoms with Crippen molar-refractivity contribution in [3.63, 3.8) is 0 Å². The van der Waals surface area contributed by atoms with Crippen LogP contribution in [-0.2, 0) is 9.59 Å².